The lowest BCUT2D eigenvalue weighted by Crippen LogP contribution is -2.41. The van der Waals surface area contributed by atoms with Gasteiger partial charge in [0.2, 0.25) is 0 Å². The van der Waals surface area contributed by atoms with Crippen molar-refractivity contribution >= 4 is 21.8 Å². The van der Waals surface area contributed by atoms with Crippen LogP contribution in [0.4, 0.5) is 0 Å². The number of unbranched alkanes of at least 4 members (excludes halogenated alkanes) is 1. The van der Waals surface area contributed by atoms with Gasteiger partial charge in [-0.1, -0.05) is 12.2 Å². The molecule has 29 heavy (non-hydrogen) atoms. The molecule has 2 N–H and O–H groups in total. The second-order valence-electron chi connectivity index (χ2n) is 7.81. The van der Waals surface area contributed by atoms with E-state index < -0.39 is 44.9 Å². The predicted molar refractivity (Wildman–Crippen MR) is 108 cm³/mol. The molecule has 1 rings (SSSR count). The standard InChI is InChI=1S/C20H34O8S/c1-13(28-15(3)21)8-6-5-7-9-16-10-17(22)11-18(16)20(24)14(2)29(25,26)12-19(23)27-4/h7,9,13-14,16-18,20,22,24H,5-6,8,10-12H2,1-4H3/b9-7+. The Labute approximate surface area is 173 Å². The molecule has 1 saturated carbocycles. The number of methoxy groups -OCH3 is 1. The molecule has 0 bridgehead atoms. The van der Waals surface area contributed by atoms with Gasteiger partial charge in [-0.05, 0) is 57.8 Å². The quantitative estimate of drug-likeness (QED) is 0.284. The number of carbonyl (C=O) groups excluding carboxylic acids is 2. The first kappa shape index (κ1) is 25.6. The normalized spacial score (nSPS) is 25.5. The van der Waals surface area contributed by atoms with Gasteiger partial charge < -0.3 is 19.7 Å². The predicted octanol–water partition coefficient (Wildman–Crippen LogP) is 1.39. The van der Waals surface area contributed by atoms with E-state index in [4.69, 9.17) is 4.74 Å². The summed E-state index contributed by atoms with van der Waals surface area (Å²) in [7, 11) is -2.76. The lowest BCUT2D eigenvalue weighted by molar-refractivity contribution is -0.145. The van der Waals surface area contributed by atoms with Crippen molar-refractivity contribution in [2.24, 2.45) is 11.8 Å². The highest BCUT2D eigenvalue weighted by atomic mass is 32.2. The fourth-order valence-corrected chi connectivity index (χ4v) is 5.08. The van der Waals surface area contributed by atoms with E-state index in [1.807, 2.05) is 19.1 Å². The molecule has 0 aromatic heterocycles. The molecule has 0 aromatic carbocycles. The average molecular weight is 435 g/mol. The van der Waals surface area contributed by atoms with E-state index in [0.717, 1.165) is 26.4 Å². The van der Waals surface area contributed by atoms with Gasteiger partial charge in [-0.25, -0.2) is 8.42 Å². The maximum absolute atomic E-state index is 12.3. The highest BCUT2D eigenvalue weighted by Crippen LogP contribution is 2.37. The number of esters is 2. The molecule has 6 unspecified atom stereocenters. The number of hydrogen-bond acceptors (Lipinski definition) is 8. The summed E-state index contributed by atoms with van der Waals surface area (Å²) in [4.78, 5) is 22.2. The molecule has 6 atom stereocenters. The Hall–Kier alpha value is -1.45. The Balaban J connectivity index is 2.65. The fraction of sp³-hybridized carbons (Fsp3) is 0.800. The van der Waals surface area contributed by atoms with Crippen LogP contribution in [0.5, 0.6) is 0 Å². The van der Waals surface area contributed by atoms with Crippen LogP contribution in [0.15, 0.2) is 12.2 Å². The smallest absolute Gasteiger partial charge is 0.320 e. The number of sulfone groups is 1. The molecule has 0 saturated heterocycles. The third-order valence-corrected chi connectivity index (χ3v) is 7.45. The maximum Gasteiger partial charge on any atom is 0.320 e. The molecule has 8 nitrogen and oxygen atoms in total. The number of ether oxygens (including phenoxy) is 2. The molecular weight excluding hydrogens is 400 g/mol. The van der Waals surface area contributed by atoms with Crippen LogP contribution in [0.2, 0.25) is 0 Å². The van der Waals surface area contributed by atoms with Crippen LogP contribution >= 0.6 is 0 Å². The van der Waals surface area contributed by atoms with Gasteiger partial charge in [0.1, 0.15) is 5.75 Å². The summed E-state index contributed by atoms with van der Waals surface area (Å²) in [6, 6.07) is 0. The van der Waals surface area contributed by atoms with E-state index in [2.05, 4.69) is 4.74 Å². The molecular formula is C20H34O8S. The molecule has 1 aliphatic carbocycles. The van der Waals surface area contributed by atoms with Crippen molar-refractivity contribution in [3.8, 4) is 0 Å². The first-order chi connectivity index (χ1) is 13.5. The van der Waals surface area contributed by atoms with E-state index in [1.54, 1.807) is 0 Å². The first-order valence-corrected chi connectivity index (χ1v) is 11.7. The second-order valence-corrected chi connectivity index (χ2v) is 10.2. The van der Waals surface area contributed by atoms with Crippen LogP contribution in [-0.4, -0.2) is 67.0 Å². The van der Waals surface area contributed by atoms with Gasteiger partial charge in [-0.3, -0.25) is 9.59 Å². The van der Waals surface area contributed by atoms with Crippen LogP contribution in [0.3, 0.4) is 0 Å². The Bertz CT molecular complexity index is 672. The van der Waals surface area contributed by atoms with Crippen LogP contribution in [0.25, 0.3) is 0 Å². The Morgan fingerprint density at radius 1 is 1.24 bits per heavy atom. The lowest BCUT2D eigenvalue weighted by Gasteiger charge is -2.27. The summed E-state index contributed by atoms with van der Waals surface area (Å²) >= 11 is 0. The summed E-state index contributed by atoms with van der Waals surface area (Å²) in [5.74, 6) is -2.51. The lowest BCUT2D eigenvalue weighted by atomic mass is 9.88. The molecule has 0 aromatic rings. The van der Waals surface area contributed by atoms with E-state index in [0.29, 0.717) is 12.8 Å². The van der Waals surface area contributed by atoms with Crippen LogP contribution in [0, 0.1) is 11.8 Å². The molecule has 0 heterocycles. The summed E-state index contributed by atoms with van der Waals surface area (Å²) in [5, 5.41) is 19.5. The molecule has 0 aliphatic heterocycles. The van der Waals surface area contributed by atoms with Crippen molar-refractivity contribution in [1.29, 1.82) is 0 Å². The number of allylic oxidation sites excluding steroid dienone is 2. The van der Waals surface area contributed by atoms with Crippen molar-refractivity contribution in [3.63, 3.8) is 0 Å². The van der Waals surface area contributed by atoms with Crippen molar-refractivity contribution in [3.05, 3.63) is 12.2 Å². The molecule has 1 aliphatic rings. The monoisotopic (exact) mass is 434 g/mol. The molecule has 0 amide bonds. The van der Waals surface area contributed by atoms with E-state index in [9.17, 15) is 28.2 Å². The van der Waals surface area contributed by atoms with Crippen molar-refractivity contribution in [1.82, 2.24) is 0 Å². The largest absolute Gasteiger partial charge is 0.468 e. The summed E-state index contributed by atoms with van der Waals surface area (Å²) in [6.45, 7) is 4.59. The minimum absolute atomic E-state index is 0.148. The van der Waals surface area contributed by atoms with Crippen molar-refractivity contribution in [2.75, 3.05) is 12.9 Å². The molecule has 0 spiro atoms. The summed E-state index contributed by atoms with van der Waals surface area (Å²) in [6.07, 6.45) is 4.97. The van der Waals surface area contributed by atoms with Gasteiger partial charge in [-0.2, -0.15) is 0 Å². The van der Waals surface area contributed by atoms with E-state index in [1.165, 1.54) is 13.8 Å². The number of aliphatic hydroxyl groups is 2. The number of hydrogen-bond donors (Lipinski definition) is 2. The van der Waals surface area contributed by atoms with Gasteiger partial charge in [0.25, 0.3) is 0 Å². The minimum Gasteiger partial charge on any atom is -0.468 e. The number of rotatable bonds is 11. The Kier molecular flexibility index (Phi) is 10.3. The zero-order chi connectivity index (χ0) is 22.2. The van der Waals surface area contributed by atoms with Crippen LogP contribution in [-0.2, 0) is 28.9 Å². The third kappa shape index (κ3) is 8.44. The van der Waals surface area contributed by atoms with E-state index in [-0.39, 0.29) is 18.0 Å². The Morgan fingerprint density at radius 3 is 2.48 bits per heavy atom. The van der Waals surface area contributed by atoms with Gasteiger partial charge in [0.05, 0.1) is 30.7 Å². The summed E-state index contributed by atoms with van der Waals surface area (Å²) in [5.41, 5.74) is 0. The topological polar surface area (TPSA) is 127 Å². The van der Waals surface area contributed by atoms with Crippen molar-refractivity contribution in [2.45, 2.75) is 76.4 Å². The molecule has 9 heteroatoms. The molecule has 168 valence electrons. The SMILES string of the molecule is COC(=O)CS(=O)(=O)C(C)C(O)C1CC(O)CC1/C=C/CCCC(C)OC(C)=O. The van der Waals surface area contributed by atoms with Gasteiger partial charge in [-0.15, -0.1) is 0 Å². The minimum atomic E-state index is -3.87. The maximum atomic E-state index is 12.3. The van der Waals surface area contributed by atoms with E-state index >= 15 is 0 Å². The van der Waals surface area contributed by atoms with Gasteiger partial charge in [0.15, 0.2) is 9.84 Å². The van der Waals surface area contributed by atoms with Gasteiger partial charge >= 0.3 is 11.9 Å². The zero-order valence-electron chi connectivity index (χ0n) is 17.6. The van der Waals surface area contributed by atoms with Gasteiger partial charge in [0, 0.05) is 6.92 Å². The third-order valence-electron chi connectivity index (χ3n) is 5.40. The van der Waals surface area contributed by atoms with Crippen LogP contribution < -0.4 is 0 Å². The molecule has 0 radical (unpaired) electrons. The number of aliphatic hydroxyl groups excluding tert-OH is 2. The second kappa shape index (κ2) is 11.7. The highest BCUT2D eigenvalue weighted by molar-refractivity contribution is 7.92. The van der Waals surface area contributed by atoms with Crippen molar-refractivity contribution < 1.29 is 37.7 Å². The first-order valence-electron chi connectivity index (χ1n) is 9.96. The fourth-order valence-electron chi connectivity index (χ4n) is 3.74. The zero-order valence-corrected chi connectivity index (χ0v) is 18.4. The number of carbonyl (C=O) groups is 2. The summed E-state index contributed by atoms with van der Waals surface area (Å²) < 4.78 is 34.2. The highest BCUT2D eigenvalue weighted by Gasteiger charge is 2.42. The average Bonchev–Trinajstić information content (AvgIpc) is 2.99. The Morgan fingerprint density at radius 2 is 1.90 bits per heavy atom. The molecule has 1 fully saturated rings. The van der Waals surface area contributed by atoms with Crippen LogP contribution in [0.1, 0.15) is 52.9 Å².